The molecule has 1 N–H and O–H groups in total. The van der Waals surface area contributed by atoms with Crippen molar-refractivity contribution < 1.29 is 19.1 Å². The van der Waals surface area contributed by atoms with Crippen molar-refractivity contribution in [2.24, 2.45) is 10.8 Å². The van der Waals surface area contributed by atoms with Gasteiger partial charge in [0.15, 0.2) is 0 Å². The number of ether oxygens (including phenoxy) is 2. The standard InChI is InChI=1S/C12H23NO4/c1-11(2,3)7-16-9(14)13-10(15)17-8-12(4,5)6/h7-8H2,1-6H3,(H,13,14,15). The molecule has 17 heavy (non-hydrogen) atoms. The summed E-state index contributed by atoms with van der Waals surface area (Å²) in [6.45, 7) is 12.1. The van der Waals surface area contributed by atoms with Crippen LogP contribution >= 0.6 is 0 Å². The summed E-state index contributed by atoms with van der Waals surface area (Å²) in [7, 11) is 0. The summed E-state index contributed by atoms with van der Waals surface area (Å²) in [5.74, 6) is 0. The Hall–Kier alpha value is -1.26. The number of carbonyl (C=O) groups excluding carboxylic acids is 2. The Morgan fingerprint density at radius 3 is 1.35 bits per heavy atom. The van der Waals surface area contributed by atoms with Crippen LogP contribution in [0.15, 0.2) is 0 Å². The molecule has 0 aliphatic rings. The molecule has 0 rings (SSSR count). The Morgan fingerprint density at radius 2 is 1.12 bits per heavy atom. The summed E-state index contributed by atoms with van der Waals surface area (Å²) in [6.07, 6.45) is -1.56. The summed E-state index contributed by atoms with van der Waals surface area (Å²) in [4.78, 5) is 22.4. The molecule has 0 heterocycles. The zero-order valence-electron chi connectivity index (χ0n) is 11.5. The van der Waals surface area contributed by atoms with E-state index in [0.29, 0.717) is 0 Å². The Labute approximate surface area is 103 Å². The molecule has 0 spiro atoms. The van der Waals surface area contributed by atoms with Gasteiger partial charge >= 0.3 is 12.2 Å². The Bertz CT molecular complexity index is 245. The number of rotatable bonds is 2. The molecule has 0 aromatic carbocycles. The van der Waals surface area contributed by atoms with Crippen molar-refractivity contribution >= 4 is 12.2 Å². The van der Waals surface area contributed by atoms with Gasteiger partial charge in [-0.3, -0.25) is 0 Å². The van der Waals surface area contributed by atoms with Crippen LogP contribution in [0.3, 0.4) is 0 Å². The second-order valence-electron chi connectivity index (χ2n) is 6.40. The monoisotopic (exact) mass is 245 g/mol. The van der Waals surface area contributed by atoms with E-state index in [2.05, 4.69) is 0 Å². The molecule has 5 nitrogen and oxygen atoms in total. The number of alkyl carbamates (subject to hydrolysis) is 2. The minimum atomic E-state index is -0.779. The van der Waals surface area contributed by atoms with Crippen molar-refractivity contribution in [3.63, 3.8) is 0 Å². The zero-order chi connectivity index (χ0) is 13.7. The van der Waals surface area contributed by atoms with Crippen molar-refractivity contribution in [3.8, 4) is 0 Å². The minimum absolute atomic E-state index is 0.132. The largest absolute Gasteiger partial charge is 0.449 e. The van der Waals surface area contributed by atoms with Crippen LogP contribution in [0.4, 0.5) is 9.59 Å². The molecule has 2 amide bonds. The molecule has 0 aliphatic heterocycles. The summed E-state index contributed by atoms with van der Waals surface area (Å²) in [5.41, 5.74) is -0.265. The van der Waals surface area contributed by atoms with Gasteiger partial charge in [-0.15, -0.1) is 0 Å². The van der Waals surface area contributed by atoms with E-state index in [1.807, 2.05) is 46.9 Å². The average Bonchev–Trinajstić information content (AvgIpc) is 2.09. The van der Waals surface area contributed by atoms with E-state index in [0.717, 1.165) is 0 Å². The van der Waals surface area contributed by atoms with Gasteiger partial charge < -0.3 is 9.47 Å². The number of hydrogen-bond donors (Lipinski definition) is 1. The number of hydrogen-bond acceptors (Lipinski definition) is 4. The third-order valence-corrected chi connectivity index (χ3v) is 1.48. The van der Waals surface area contributed by atoms with Crippen LogP contribution in [0.5, 0.6) is 0 Å². The van der Waals surface area contributed by atoms with Gasteiger partial charge in [0.05, 0.1) is 13.2 Å². The molecule has 0 bridgehead atoms. The van der Waals surface area contributed by atoms with Crippen LogP contribution < -0.4 is 5.32 Å². The summed E-state index contributed by atoms with van der Waals surface area (Å²) >= 11 is 0. The lowest BCUT2D eigenvalue weighted by Gasteiger charge is -2.19. The second-order valence-corrected chi connectivity index (χ2v) is 6.40. The van der Waals surface area contributed by atoms with Gasteiger partial charge in [0.25, 0.3) is 0 Å². The van der Waals surface area contributed by atoms with E-state index >= 15 is 0 Å². The van der Waals surface area contributed by atoms with E-state index in [9.17, 15) is 9.59 Å². The highest BCUT2D eigenvalue weighted by Crippen LogP contribution is 2.13. The molecule has 0 unspecified atom stereocenters. The van der Waals surface area contributed by atoms with Gasteiger partial charge in [-0.05, 0) is 10.8 Å². The number of imide groups is 1. The Balaban J connectivity index is 3.86. The van der Waals surface area contributed by atoms with Crippen molar-refractivity contribution in [2.45, 2.75) is 41.5 Å². The lowest BCUT2D eigenvalue weighted by Crippen LogP contribution is -2.35. The van der Waals surface area contributed by atoms with Gasteiger partial charge in [-0.2, -0.15) is 0 Å². The molecule has 0 radical (unpaired) electrons. The van der Waals surface area contributed by atoms with Crippen molar-refractivity contribution in [1.29, 1.82) is 0 Å². The maximum Gasteiger partial charge on any atom is 0.416 e. The van der Waals surface area contributed by atoms with Crippen LogP contribution in [0, 0.1) is 10.8 Å². The lowest BCUT2D eigenvalue weighted by atomic mass is 9.99. The molecule has 0 fully saturated rings. The fraction of sp³-hybridized carbons (Fsp3) is 0.833. The molecule has 0 saturated heterocycles. The molecule has 0 aliphatic carbocycles. The van der Waals surface area contributed by atoms with Crippen LogP contribution in [0.2, 0.25) is 0 Å². The third kappa shape index (κ3) is 11.0. The van der Waals surface area contributed by atoms with E-state index in [1.54, 1.807) is 0 Å². The summed E-state index contributed by atoms with van der Waals surface area (Å²) < 4.78 is 9.72. The van der Waals surface area contributed by atoms with Gasteiger partial charge in [-0.1, -0.05) is 41.5 Å². The first-order chi connectivity index (χ1) is 7.49. The molecular weight excluding hydrogens is 222 g/mol. The van der Waals surface area contributed by atoms with E-state index < -0.39 is 12.2 Å². The molecule has 0 aromatic heterocycles. The first-order valence-corrected chi connectivity index (χ1v) is 5.60. The van der Waals surface area contributed by atoms with Crippen molar-refractivity contribution in [2.75, 3.05) is 13.2 Å². The van der Waals surface area contributed by atoms with Gasteiger partial charge in [-0.25, -0.2) is 14.9 Å². The normalized spacial score (nSPS) is 11.9. The number of amides is 2. The first-order valence-electron chi connectivity index (χ1n) is 5.60. The Morgan fingerprint density at radius 1 is 0.824 bits per heavy atom. The smallest absolute Gasteiger partial charge is 0.416 e. The highest BCUT2D eigenvalue weighted by molar-refractivity contribution is 5.87. The summed E-state index contributed by atoms with van der Waals surface area (Å²) in [5, 5.41) is 2.00. The Kier molecular flexibility index (Phi) is 5.45. The molecular formula is C12H23NO4. The molecule has 0 aromatic rings. The number of nitrogens with one attached hydrogen (secondary N) is 1. The highest BCUT2D eigenvalue weighted by atomic mass is 16.6. The van der Waals surface area contributed by atoms with Crippen molar-refractivity contribution in [1.82, 2.24) is 5.32 Å². The predicted octanol–water partition coefficient (Wildman–Crippen LogP) is 2.94. The second kappa shape index (κ2) is 5.89. The first kappa shape index (κ1) is 15.7. The van der Waals surface area contributed by atoms with Crippen molar-refractivity contribution in [3.05, 3.63) is 0 Å². The minimum Gasteiger partial charge on any atom is -0.449 e. The number of carbonyl (C=O) groups is 2. The van der Waals surface area contributed by atoms with E-state index in [4.69, 9.17) is 9.47 Å². The van der Waals surface area contributed by atoms with Gasteiger partial charge in [0.1, 0.15) is 0 Å². The maximum absolute atomic E-state index is 11.2. The molecule has 100 valence electrons. The SMILES string of the molecule is CC(C)(C)COC(=O)NC(=O)OCC(C)(C)C. The molecule has 0 atom stereocenters. The van der Waals surface area contributed by atoms with E-state index in [1.165, 1.54) is 0 Å². The molecule has 5 heteroatoms. The molecule has 0 saturated carbocycles. The highest BCUT2D eigenvalue weighted by Gasteiger charge is 2.18. The van der Waals surface area contributed by atoms with Crippen LogP contribution in [0.1, 0.15) is 41.5 Å². The maximum atomic E-state index is 11.2. The van der Waals surface area contributed by atoms with Gasteiger partial charge in [0.2, 0.25) is 0 Å². The van der Waals surface area contributed by atoms with Gasteiger partial charge in [0, 0.05) is 0 Å². The van der Waals surface area contributed by atoms with Crippen LogP contribution in [-0.4, -0.2) is 25.4 Å². The van der Waals surface area contributed by atoms with E-state index in [-0.39, 0.29) is 24.0 Å². The fourth-order valence-electron chi connectivity index (χ4n) is 0.720. The van der Waals surface area contributed by atoms with Crippen LogP contribution in [0.25, 0.3) is 0 Å². The quantitative estimate of drug-likeness (QED) is 0.812. The average molecular weight is 245 g/mol. The predicted molar refractivity (Wildman–Crippen MR) is 64.7 cm³/mol. The topological polar surface area (TPSA) is 64.6 Å². The lowest BCUT2D eigenvalue weighted by molar-refractivity contribution is 0.0870. The zero-order valence-corrected chi connectivity index (χ0v) is 11.5. The summed E-state index contributed by atoms with van der Waals surface area (Å²) in [6, 6.07) is 0. The third-order valence-electron chi connectivity index (χ3n) is 1.48. The fourth-order valence-corrected chi connectivity index (χ4v) is 0.720. The van der Waals surface area contributed by atoms with Crippen LogP contribution in [-0.2, 0) is 9.47 Å².